The number of nitrogens with two attached hydrogens (primary N) is 1. The van der Waals surface area contributed by atoms with Crippen LogP contribution in [0.1, 0.15) is 10.6 Å². The fourth-order valence-electron chi connectivity index (χ4n) is 1.18. The first-order chi connectivity index (χ1) is 6.74. The van der Waals surface area contributed by atoms with Crippen LogP contribution in [0.3, 0.4) is 0 Å². The van der Waals surface area contributed by atoms with E-state index in [2.05, 4.69) is 4.98 Å². The topological polar surface area (TPSA) is 38.9 Å². The van der Waals surface area contributed by atoms with Crippen molar-refractivity contribution in [3.05, 3.63) is 46.1 Å². The Labute approximate surface area is 91.4 Å². The molecule has 0 spiro atoms. The SMILES string of the molecule is Nc1cnc(Cc2ccc(Cl)cc2)s1. The predicted octanol–water partition coefficient (Wildman–Crippen LogP) is 2.97. The van der Waals surface area contributed by atoms with Crippen LogP contribution in [0.15, 0.2) is 30.5 Å². The zero-order chi connectivity index (χ0) is 9.97. The Hall–Kier alpha value is -1.06. The van der Waals surface area contributed by atoms with Crippen molar-refractivity contribution in [1.82, 2.24) is 4.98 Å². The van der Waals surface area contributed by atoms with E-state index in [1.165, 1.54) is 16.9 Å². The first-order valence-corrected chi connectivity index (χ1v) is 5.38. The van der Waals surface area contributed by atoms with E-state index in [0.29, 0.717) is 0 Å². The van der Waals surface area contributed by atoms with Crippen LogP contribution in [0.2, 0.25) is 5.02 Å². The van der Waals surface area contributed by atoms with Crippen molar-refractivity contribution in [2.45, 2.75) is 6.42 Å². The third-order valence-corrected chi connectivity index (χ3v) is 2.92. The van der Waals surface area contributed by atoms with E-state index in [1.807, 2.05) is 24.3 Å². The Kier molecular flexibility index (Phi) is 2.70. The van der Waals surface area contributed by atoms with Crippen molar-refractivity contribution >= 4 is 27.9 Å². The van der Waals surface area contributed by atoms with Crippen LogP contribution < -0.4 is 5.73 Å². The number of rotatable bonds is 2. The minimum absolute atomic E-state index is 0.757. The van der Waals surface area contributed by atoms with Gasteiger partial charge < -0.3 is 5.73 Å². The van der Waals surface area contributed by atoms with Gasteiger partial charge in [0.2, 0.25) is 0 Å². The summed E-state index contributed by atoms with van der Waals surface area (Å²) in [7, 11) is 0. The molecule has 0 aliphatic carbocycles. The van der Waals surface area contributed by atoms with E-state index in [-0.39, 0.29) is 0 Å². The molecule has 0 atom stereocenters. The molecular formula is C10H9ClN2S. The van der Waals surface area contributed by atoms with Gasteiger partial charge in [-0.15, -0.1) is 11.3 Å². The third-order valence-electron chi connectivity index (χ3n) is 1.84. The monoisotopic (exact) mass is 224 g/mol. The van der Waals surface area contributed by atoms with Crippen molar-refractivity contribution in [3.63, 3.8) is 0 Å². The molecule has 2 nitrogen and oxygen atoms in total. The summed E-state index contributed by atoms with van der Waals surface area (Å²) in [6, 6.07) is 7.77. The van der Waals surface area contributed by atoms with Crippen molar-refractivity contribution in [3.8, 4) is 0 Å². The normalized spacial score (nSPS) is 10.4. The van der Waals surface area contributed by atoms with E-state index in [0.717, 1.165) is 21.5 Å². The molecule has 0 aliphatic rings. The zero-order valence-corrected chi connectivity index (χ0v) is 8.98. The molecule has 0 saturated heterocycles. The van der Waals surface area contributed by atoms with Crippen LogP contribution in [0.4, 0.5) is 5.00 Å². The Balaban J connectivity index is 2.15. The summed E-state index contributed by atoms with van der Waals surface area (Å²) >= 11 is 7.31. The van der Waals surface area contributed by atoms with Gasteiger partial charge in [0.15, 0.2) is 0 Å². The van der Waals surface area contributed by atoms with E-state index in [1.54, 1.807) is 6.20 Å². The Morgan fingerprint density at radius 2 is 2.00 bits per heavy atom. The fraction of sp³-hybridized carbons (Fsp3) is 0.100. The molecule has 2 rings (SSSR count). The maximum Gasteiger partial charge on any atom is 0.106 e. The second-order valence-corrected chi connectivity index (χ2v) is 4.54. The summed E-state index contributed by atoms with van der Waals surface area (Å²) in [4.78, 5) is 4.19. The standard InChI is InChI=1S/C10H9ClN2S/c11-8-3-1-7(2-4-8)5-10-13-6-9(12)14-10/h1-4,6H,5,12H2. The first-order valence-electron chi connectivity index (χ1n) is 4.18. The highest BCUT2D eigenvalue weighted by Gasteiger charge is 2.00. The molecule has 0 unspecified atom stereocenters. The third kappa shape index (κ3) is 2.25. The average molecular weight is 225 g/mol. The van der Waals surface area contributed by atoms with Crippen molar-refractivity contribution < 1.29 is 0 Å². The molecule has 2 aromatic rings. The molecule has 72 valence electrons. The molecule has 0 radical (unpaired) electrons. The van der Waals surface area contributed by atoms with Crippen LogP contribution in [0.5, 0.6) is 0 Å². The summed E-state index contributed by atoms with van der Waals surface area (Å²) in [6.45, 7) is 0. The number of halogens is 1. The number of aromatic nitrogens is 1. The minimum Gasteiger partial charge on any atom is -0.389 e. The maximum atomic E-state index is 5.79. The number of hydrogen-bond donors (Lipinski definition) is 1. The van der Waals surface area contributed by atoms with Crippen LogP contribution in [-0.4, -0.2) is 4.98 Å². The van der Waals surface area contributed by atoms with Gasteiger partial charge in [-0.05, 0) is 17.7 Å². The molecule has 1 aromatic heterocycles. The highest BCUT2D eigenvalue weighted by molar-refractivity contribution is 7.15. The molecule has 4 heteroatoms. The van der Waals surface area contributed by atoms with E-state index < -0.39 is 0 Å². The molecule has 2 N–H and O–H groups in total. The summed E-state index contributed by atoms with van der Waals surface area (Å²) in [5.41, 5.74) is 6.79. The lowest BCUT2D eigenvalue weighted by Gasteiger charge is -1.97. The Morgan fingerprint density at radius 3 is 2.57 bits per heavy atom. The fourth-order valence-corrected chi connectivity index (χ4v) is 2.03. The highest BCUT2D eigenvalue weighted by atomic mass is 35.5. The van der Waals surface area contributed by atoms with Gasteiger partial charge in [-0.1, -0.05) is 23.7 Å². The van der Waals surface area contributed by atoms with Gasteiger partial charge in [0, 0.05) is 11.4 Å². The minimum atomic E-state index is 0.757. The lowest BCUT2D eigenvalue weighted by molar-refractivity contribution is 1.14. The molecule has 14 heavy (non-hydrogen) atoms. The summed E-state index contributed by atoms with van der Waals surface area (Å²) in [5, 5.41) is 2.55. The molecular weight excluding hydrogens is 216 g/mol. The van der Waals surface area contributed by atoms with Gasteiger partial charge in [0.05, 0.1) is 11.2 Å². The predicted molar refractivity (Wildman–Crippen MR) is 60.8 cm³/mol. The van der Waals surface area contributed by atoms with Crippen LogP contribution >= 0.6 is 22.9 Å². The van der Waals surface area contributed by atoms with E-state index in [4.69, 9.17) is 17.3 Å². The molecule has 0 saturated carbocycles. The van der Waals surface area contributed by atoms with Crippen molar-refractivity contribution in [2.24, 2.45) is 0 Å². The van der Waals surface area contributed by atoms with Gasteiger partial charge in [-0.3, -0.25) is 0 Å². The first kappa shape index (κ1) is 9.49. The summed E-state index contributed by atoms with van der Waals surface area (Å²) in [5.74, 6) is 0. The number of thiazole rings is 1. The van der Waals surface area contributed by atoms with Crippen molar-refractivity contribution in [2.75, 3.05) is 5.73 Å². The molecule has 0 bridgehead atoms. The molecule has 0 aliphatic heterocycles. The number of anilines is 1. The van der Waals surface area contributed by atoms with Crippen LogP contribution in [0.25, 0.3) is 0 Å². The average Bonchev–Trinajstić information content (AvgIpc) is 2.56. The van der Waals surface area contributed by atoms with Gasteiger partial charge in [-0.2, -0.15) is 0 Å². The van der Waals surface area contributed by atoms with E-state index in [9.17, 15) is 0 Å². The van der Waals surface area contributed by atoms with Gasteiger partial charge in [0.25, 0.3) is 0 Å². The Bertz CT molecular complexity index is 422. The van der Waals surface area contributed by atoms with Gasteiger partial charge in [0.1, 0.15) is 5.00 Å². The summed E-state index contributed by atoms with van der Waals surface area (Å²) in [6.07, 6.45) is 2.51. The number of nitrogens with zero attached hydrogens (tertiary/aromatic N) is 1. The quantitative estimate of drug-likeness (QED) is 0.852. The second-order valence-electron chi connectivity index (χ2n) is 2.96. The number of nitrogen functional groups attached to an aromatic ring is 1. The highest BCUT2D eigenvalue weighted by Crippen LogP contribution is 2.19. The van der Waals surface area contributed by atoms with Gasteiger partial charge >= 0.3 is 0 Å². The molecule has 1 aromatic carbocycles. The molecule has 0 amide bonds. The van der Waals surface area contributed by atoms with Gasteiger partial charge in [-0.25, -0.2) is 4.98 Å². The zero-order valence-electron chi connectivity index (χ0n) is 7.40. The Morgan fingerprint density at radius 1 is 1.29 bits per heavy atom. The lowest BCUT2D eigenvalue weighted by Crippen LogP contribution is -1.85. The number of hydrogen-bond acceptors (Lipinski definition) is 3. The van der Waals surface area contributed by atoms with E-state index >= 15 is 0 Å². The maximum absolute atomic E-state index is 5.79. The van der Waals surface area contributed by atoms with Crippen LogP contribution in [-0.2, 0) is 6.42 Å². The molecule has 1 heterocycles. The van der Waals surface area contributed by atoms with Crippen molar-refractivity contribution in [1.29, 1.82) is 0 Å². The smallest absolute Gasteiger partial charge is 0.106 e. The summed E-state index contributed by atoms with van der Waals surface area (Å²) < 4.78 is 0. The largest absolute Gasteiger partial charge is 0.389 e. The molecule has 0 fully saturated rings. The number of benzene rings is 1. The van der Waals surface area contributed by atoms with Crippen LogP contribution in [0, 0.1) is 0 Å². The lowest BCUT2D eigenvalue weighted by atomic mass is 10.2. The second kappa shape index (κ2) is 3.98.